The molecular weight excluding hydrogens is 363 g/mol. The van der Waals surface area contributed by atoms with E-state index in [0.29, 0.717) is 12.2 Å². The van der Waals surface area contributed by atoms with Crippen LogP contribution in [0.5, 0.6) is 5.75 Å². The summed E-state index contributed by atoms with van der Waals surface area (Å²) in [4.78, 5) is 26.9. The number of likely N-dealkylation sites (N-methyl/N-ethyl adjacent to an activating group) is 1. The van der Waals surface area contributed by atoms with Crippen LogP contribution in [-0.2, 0) is 16.6 Å². The Balaban J connectivity index is 1.92. The molecule has 1 aliphatic heterocycles. The van der Waals surface area contributed by atoms with Crippen LogP contribution >= 0.6 is 11.6 Å². The molecule has 7 nitrogen and oxygen atoms in total. The fourth-order valence-electron chi connectivity index (χ4n) is 3.28. The van der Waals surface area contributed by atoms with Crippen molar-refractivity contribution in [3.05, 3.63) is 40.9 Å². The molecule has 0 radical (unpaired) electrons. The first-order chi connectivity index (χ1) is 12.3. The molecule has 1 aromatic carbocycles. The standard InChI is InChI=1S/C17H18ClFN4O3/c1-22-8-9(12-7-13(18)21-23(12)2)14(17(22)25)16(24)20-11-6-4-5-10(19)15(11)26-3/h4-7,9,14H,8H2,1-3H3,(H,20,24)/t9-,14+/m1/s1. The van der Waals surface area contributed by atoms with Gasteiger partial charge in [0.25, 0.3) is 0 Å². The summed E-state index contributed by atoms with van der Waals surface area (Å²) < 4.78 is 20.4. The number of benzene rings is 1. The van der Waals surface area contributed by atoms with E-state index in [1.807, 2.05) is 0 Å². The predicted molar refractivity (Wildman–Crippen MR) is 93.7 cm³/mol. The van der Waals surface area contributed by atoms with Gasteiger partial charge in [0.1, 0.15) is 5.92 Å². The second-order valence-electron chi connectivity index (χ2n) is 6.13. The molecule has 2 aromatic rings. The predicted octanol–water partition coefficient (Wildman–Crippen LogP) is 2.03. The lowest BCUT2D eigenvalue weighted by Gasteiger charge is -2.18. The van der Waals surface area contributed by atoms with Crippen LogP contribution in [0.1, 0.15) is 11.6 Å². The van der Waals surface area contributed by atoms with E-state index in [2.05, 4.69) is 10.4 Å². The van der Waals surface area contributed by atoms with E-state index in [1.54, 1.807) is 24.8 Å². The molecule has 2 heterocycles. The number of nitrogens with one attached hydrogen (secondary N) is 1. The number of methoxy groups -OCH3 is 1. The molecule has 1 N–H and O–H groups in total. The second-order valence-corrected chi connectivity index (χ2v) is 6.52. The van der Waals surface area contributed by atoms with Crippen molar-refractivity contribution in [1.82, 2.24) is 14.7 Å². The van der Waals surface area contributed by atoms with Crippen LogP contribution in [0.3, 0.4) is 0 Å². The number of para-hydroxylation sites is 1. The number of halogens is 2. The first-order valence-corrected chi connectivity index (χ1v) is 8.29. The van der Waals surface area contributed by atoms with Gasteiger partial charge in [0, 0.05) is 32.3 Å². The van der Waals surface area contributed by atoms with Crippen LogP contribution in [0.4, 0.5) is 10.1 Å². The lowest BCUT2D eigenvalue weighted by atomic mass is 9.91. The van der Waals surface area contributed by atoms with Gasteiger partial charge in [-0.25, -0.2) is 4.39 Å². The number of hydrogen-bond acceptors (Lipinski definition) is 4. The van der Waals surface area contributed by atoms with Crippen molar-refractivity contribution in [3.8, 4) is 5.75 Å². The van der Waals surface area contributed by atoms with Gasteiger partial charge in [0.2, 0.25) is 11.8 Å². The Labute approximate surface area is 154 Å². The third-order valence-electron chi connectivity index (χ3n) is 4.49. The number of amides is 2. The second kappa shape index (κ2) is 6.95. The number of aryl methyl sites for hydroxylation is 1. The van der Waals surface area contributed by atoms with E-state index in [-0.39, 0.29) is 22.5 Å². The largest absolute Gasteiger partial charge is 0.492 e. The summed E-state index contributed by atoms with van der Waals surface area (Å²) in [5, 5.41) is 6.97. The molecule has 2 atom stereocenters. The number of ether oxygens (including phenoxy) is 1. The van der Waals surface area contributed by atoms with E-state index in [4.69, 9.17) is 16.3 Å². The quantitative estimate of drug-likeness (QED) is 0.823. The maximum atomic E-state index is 13.8. The minimum absolute atomic E-state index is 0.0835. The topological polar surface area (TPSA) is 76.5 Å². The zero-order valence-electron chi connectivity index (χ0n) is 14.5. The van der Waals surface area contributed by atoms with Crippen molar-refractivity contribution in [2.75, 3.05) is 26.0 Å². The average molecular weight is 381 g/mol. The first-order valence-electron chi connectivity index (χ1n) is 7.91. The van der Waals surface area contributed by atoms with E-state index in [1.165, 1.54) is 30.2 Å². The maximum Gasteiger partial charge on any atom is 0.237 e. The van der Waals surface area contributed by atoms with Crippen molar-refractivity contribution in [3.63, 3.8) is 0 Å². The SMILES string of the molecule is COc1c(F)cccc1NC(=O)[C@H]1C(=O)N(C)C[C@@H]1c1cc(Cl)nn1C. The van der Waals surface area contributed by atoms with Crippen molar-refractivity contribution in [2.45, 2.75) is 5.92 Å². The van der Waals surface area contributed by atoms with Gasteiger partial charge in [-0.05, 0) is 18.2 Å². The molecule has 26 heavy (non-hydrogen) atoms. The summed E-state index contributed by atoms with van der Waals surface area (Å²) in [6, 6.07) is 5.83. The lowest BCUT2D eigenvalue weighted by molar-refractivity contribution is -0.135. The van der Waals surface area contributed by atoms with Gasteiger partial charge in [0.15, 0.2) is 16.7 Å². The highest BCUT2D eigenvalue weighted by atomic mass is 35.5. The highest BCUT2D eigenvalue weighted by Crippen LogP contribution is 2.36. The minimum Gasteiger partial charge on any atom is -0.492 e. The smallest absolute Gasteiger partial charge is 0.237 e. The zero-order valence-corrected chi connectivity index (χ0v) is 15.2. The zero-order chi connectivity index (χ0) is 19.0. The Morgan fingerprint density at radius 2 is 2.15 bits per heavy atom. The molecule has 3 rings (SSSR count). The normalized spacial score (nSPS) is 19.7. The molecule has 0 spiro atoms. The Bertz CT molecular complexity index is 870. The van der Waals surface area contributed by atoms with Crippen molar-refractivity contribution < 1.29 is 18.7 Å². The Hall–Kier alpha value is -2.61. The van der Waals surface area contributed by atoms with Gasteiger partial charge < -0.3 is 15.0 Å². The molecule has 1 aromatic heterocycles. The van der Waals surface area contributed by atoms with Crippen LogP contribution in [0.25, 0.3) is 0 Å². The number of hydrogen-bond donors (Lipinski definition) is 1. The highest BCUT2D eigenvalue weighted by molar-refractivity contribution is 6.29. The van der Waals surface area contributed by atoms with E-state index in [0.717, 1.165) is 0 Å². The van der Waals surface area contributed by atoms with Crippen LogP contribution < -0.4 is 10.1 Å². The minimum atomic E-state index is -0.973. The summed E-state index contributed by atoms with van der Waals surface area (Å²) in [5.74, 6) is -2.93. The number of likely N-dealkylation sites (tertiary alicyclic amines) is 1. The summed E-state index contributed by atoms with van der Waals surface area (Å²) in [6.45, 7) is 0.354. The average Bonchev–Trinajstić information content (AvgIpc) is 3.06. The number of anilines is 1. The molecule has 0 aliphatic carbocycles. The maximum absolute atomic E-state index is 13.8. The Morgan fingerprint density at radius 1 is 1.42 bits per heavy atom. The molecule has 9 heteroatoms. The number of carbonyl (C=O) groups is 2. The molecule has 0 unspecified atom stereocenters. The van der Waals surface area contributed by atoms with Gasteiger partial charge in [-0.15, -0.1) is 0 Å². The lowest BCUT2D eigenvalue weighted by Crippen LogP contribution is -2.33. The third kappa shape index (κ3) is 3.12. The molecule has 1 saturated heterocycles. The van der Waals surface area contributed by atoms with Gasteiger partial charge in [-0.2, -0.15) is 5.10 Å². The molecule has 0 bridgehead atoms. The van der Waals surface area contributed by atoms with Gasteiger partial charge in [0.05, 0.1) is 12.8 Å². The Kier molecular flexibility index (Phi) is 4.86. The molecule has 138 valence electrons. The summed E-state index contributed by atoms with van der Waals surface area (Å²) in [6.07, 6.45) is 0. The van der Waals surface area contributed by atoms with Crippen molar-refractivity contribution in [1.29, 1.82) is 0 Å². The van der Waals surface area contributed by atoms with E-state index < -0.39 is 23.6 Å². The van der Waals surface area contributed by atoms with Crippen LogP contribution in [0, 0.1) is 11.7 Å². The van der Waals surface area contributed by atoms with Crippen molar-refractivity contribution >= 4 is 29.1 Å². The highest BCUT2D eigenvalue weighted by Gasteiger charge is 2.45. The Morgan fingerprint density at radius 3 is 2.77 bits per heavy atom. The van der Waals surface area contributed by atoms with Crippen LogP contribution in [-0.4, -0.2) is 47.2 Å². The van der Waals surface area contributed by atoms with E-state index >= 15 is 0 Å². The number of nitrogens with zero attached hydrogens (tertiary/aromatic N) is 3. The molecule has 0 saturated carbocycles. The number of rotatable bonds is 4. The molecule has 2 amide bonds. The van der Waals surface area contributed by atoms with Crippen LogP contribution in [0.2, 0.25) is 5.15 Å². The molecule has 1 fully saturated rings. The van der Waals surface area contributed by atoms with Gasteiger partial charge in [-0.1, -0.05) is 17.7 Å². The van der Waals surface area contributed by atoms with Crippen molar-refractivity contribution in [2.24, 2.45) is 13.0 Å². The van der Waals surface area contributed by atoms with Gasteiger partial charge in [-0.3, -0.25) is 14.3 Å². The van der Waals surface area contributed by atoms with E-state index in [9.17, 15) is 14.0 Å². The monoisotopic (exact) mass is 380 g/mol. The molecular formula is C17H18ClFN4O3. The number of aromatic nitrogens is 2. The fraction of sp³-hybridized carbons (Fsp3) is 0.353. The fourth-order valence-corrected chi connectivity index (χ4v) is 3.50. The summed E-state index contributed by atoms with van der Waals surface area (Å²) in [7, 11) is 4.64. The van der Waals surface area contributed by atoms with Gasteiger partial charge >= 0.3 is 0 Å². The summed E-state index contributed by atoms with van der Waals surface area (Å²) >= 11 is 5.94. The first kappa shape index (κ1) is 18.2. The summed E-state index contributed by atoms with van der Waals surface area (Å²) in [5.41, 5.74) is 0.848. The third-order valence-corrected chi connectivity index (χ3v) is 4.68. The van der Waals surface area contributed by atoms with Crippen LogP contribution in [0.15, 0.2) is 24.3 Å². The molecule has 1 aliphatic rings. The number of carbonyl (C=O) groups excluding carboxylic acids is 2.